The van der Waals surface area contributed by atoms with Crippen molar-refractivity contribution in [3.05, 3.63) is 24.3 Å². The molecule has 0 spiro atoms. The maximum absolute atomic E-state index is 11.4. The molecule has 14 heavy (non-hydrogen) atoms. The van der Waals surface area contributed by atoms with E-state index < -0.39 is 10.1 Å². The normalized spacial score (nSPS) is 10.6. The van der Waals surface area contributed by atoms with Crippen molar-refractivity contribution in [1.29, 1.82) is 0 Å². The molecule has 0 aliphatic heterocycles. The summed E-state index contributed by atoms with van der Waals surface area (Å²) >= 11 is 0. The van der Waals surface area contributed by atoms with Crippen molar-refractivity contribution in [3.63, 3.8) is 0 Å². The van der Waals surface area contributed by atoms with Gasteiger partial charge in [-0.3, -0.25) is 4.18 Å². The summed E-state index contributed by atoms with van der Waals surface area (Å²) < 4.78 is 27.3. The predicted octanol–water partition coefficient (Wildman–Crippen LogP) is 0.458. The molecule has 0 atom stereocenters. The summed E-state index contributed by atoms with van der Waals surface area (Å²) in [6.07, 6.45) is 0. The Bertz CT molecular complexity index is 397. The first-order valence-electron chi connectivity index (χ1n) is 3.82. The van der Waals surface area contributed by atoms with E-state index in [4.69, 9.17) is 5.73 Å². The molecule has 0 saturated carbocycles. The van der Waals surface area contributed by atoms with E-state index >= 15 is 0 Å². The molecule has 0 heterocycles. The SMILES string of the molecule is CCOS(=O)(=O)c1ccccc1N.[H+].[NaH]. The Labute approximate surface area is 107 Å². The number of nitrogens with two attached hydrogens (primary N) is 1. The first kappa shape index (κ1) is 13.9. The van der Waals surface area contributed by atoms with E-state index in [0.29, 0.717) is 0 Å². The van der Waals surface area contributed by atoms with Gasteiger partial charge in [-0.05, 0) is 19.1 Å². The molecular formula is C8H13NNaO3S+. The van der Waals surface area contributed by atoms with Crippen LogP contribution in [0.25, 0.3) is 0 Å². The summed E-state index contributed by atoms with van der Waals surface area (Å²) in [6, 6.07) is 6.20. The molecule has 0 radical (unpaired) electrons. The van der Waals surface area contributed by atoms with E-state index in [2.05, 4.69) is 4.18 Å². The van der Waals surface area contributed by atoms with Crippen molar-refractivity contribution in [2.45, 2.75) is 11.8 Å². The number of hydrogen-bond acceptors (Lipinski definition) is 4. The van der Waals surface area contributed by atoms with Crippen molar-refractivity contribution in [2.75, 3.05) is 12.3 Å². The van der Waals surface area contributed by atoms with Crippen LogP contribution in [0.3, 0.4) is 0 Å². The van der Waals surface area contributed by atoms with Crippen LogP contribution in [0.1, 0.15) is 8.35 Å². The molecule has 1 aromatic carbocycles. The Balaban J connectivity index is 0. The van der Waals surface area contributed by atoms with Crippen LogP contribution in [-0.2, 0) is 14.3 Å². The van der Waals surface area contributed by atoms with Gasteiger partial charge in [0.05, 0.1) is 12.3 Å². The Morgan fingerprint density at radius 2 is 2.00 bits per heavy atom. The van der Waals surface area contributed by atoms with Crippen LogP contribution in [-0.4, -0.2) is 44.6 Å². The summed E-state index contributed by atoms with van der Waals surface area (Å²) in [7, 11) is -3.67. The Morgan fingerprint density at radius 1 is 1.43 bits per heavy atom. The molecule has 0 fully saturated rings. The van der Waals surface area contributed by atoms with Crippen LogP contribution in [0.5, 0.6) is 0 Å². The van der Waals surface area contributed by atoms with Crippen molar-refractivity contribution >= 4 is 45.4 Å². The van der Waals surface area contributed by atoms with Crippen molar-refractivity contribution in [2.24, 2.45) is 0 Å². The molecule has 2 N–H and O–H groups in total. The third-order valence-corrected chi connectivity index (χ3v) is 2.92. The van der Waals surface area contributed by atoms with Crippen LogP contribution in [0.4, 0.5) is 5.69 Å². The molecule has 0 unspecified atom stereocenters. The van der Waals surface area contributed by atoms with Crippen LogP contribution in [0, 0.1) is 0 Å². The summed E-state index contributed by atoms with van der Waals surface area (Å²) in [6.45, 7) is 1.72. The van der Waals surface area contributed by atoms with Crippen molar-refractivity contribution in [3.8, 4) is 0 Å². The Morgan fingerprint density at radius 3 is 2.50 bits per heavy atom. The molecule has 4 nitrogen and oxygen atoms in total. The van der Waals surface area contributed by atoms with E-state index in [0.717, 1.165) is 0 Å². The first-order valence-corrected chi connectivity index (χ1v) is 5.22. The van der Waals surface area contributed by atoms with E-state index in [-0.39, 0.29) is 48.2 Å². The van der Waals surface area contributed by atoms with Crippen molar-refractivity contribution in [1.82, 2.24) is 0 Å². The molecule has 0 amide bonds. The summed E-state index contributed by atoms with van der Waals surface area (Å²) in [5, 5.41) is 0. The monoisotopic (exact) mass is 226 g/mol. The Hall–Kier alpha value is -0.0700. The van der Waals surface area contributed by atoms with Gasteiger partial charge in [0, 0.05) is 0 Å². The van der Waals surface area contributed by atoms with E-state index in [9.17, 15) is 8.42 Å². The molecule has 0 aliphatic rings. The molecule has 0 saturated heterocycles. The van der Waals surface area contributed by atoms with Crippen molar-refractivity contribution < 1.29 is 14.0 Å². The van der Waals surface area contributed by atoms with E-state index in [1.54, 1.807) is 19.1 Å². The second-order valence-corrected chi connectivity index (χ2v) is 3.98. The van der Waals surface area contributed by atoms with Crippen LogP contribution >= 0.6 is 0 Å². The number of hydrogen-bond donors (Lipinski definition) is 1. The summed E-state index contributed by atoms with van der Waals surface area (Å²) in [4.78, 5) is 0.0249. The second kappa shape index (κ2) is 5.72. The van der Waals surface area contributed by atoms with Gasteiger partial charge < -0.3 is 5.73 Å². The summed E-state index contributed by atoms with van der Waals surface area (Å²) in [5.41, 5.74) is 5.68. The molecule has 0 aromatic heterocycles. The average Bonchev–Trinajstić information content (AvgIpc) is 2.04. The minimum absolute atomic E-state index is 0. The van der Waals surface area contributed by atoms with Gasteiger partial charge in [0.25, 0.3) is 10.1 Å². The molecule has 74 valence electrons. The number of benzene rings is 1. The molecule has 0 aliphatic carbocycles. The van der Waals surface area contributed by atoms with E-state index in [1.807, 2.05) is 0 Å². The van der Waals surface area contributed by atoms with E-state index in [1.165, 1.54) is 12.1 Å². The minimum atomic E-state index is -3.67. The molecule has 1 rings (SSSR count). The zero-order chi connectivity index (χ0) is 9.90. The predicted molar refractivity (Wildman–Crippen MR) is 57.9 cm³/mol. The van der Waals surface area contributed by atoms with Gasteiger partial charge in [-0.1, -0.05) is 12.1 Å². The van der Waals surface area contributed by atoms with Crippen LogP contribution in [0.15, 0.2) is 29.2 Å². The third-order valence-electron chi connectivity index (χ3n) is 1.46. The Kier molecular flexibility index (Phi) is 5.70. The topological polar surface area (TPSA) is 69.4 Å². The number of anilines is 1. The third kappa shape index (κ3) is 3.25. The van der Waals surface area contributed by atoms with Gasteiger partial charge in [0.2, 0.25) is 0 Å². The fraction of sp³-hybridized carbons (Fsp3) is 0.250. The standard InChI is InChI=1S/C8H11NO3S.Na.H/c1-2-12-13(10,11)8-6-4-3-5-7(8)9;;/h3-6H,2,9H2,1H3;;/p+1. The van der Waals surface area contributed by atoms with Gasteiger partial charge in [-0.25, -0.2) is 0 Å². The molecule has 6 heteroatoms. The summed E-state index contributed by atoms with van der Waals surface area (Å²) in [5.74, 6) is 0. The van der Waals surface area contributed by atoms with Gasteiger partial charge in [0.15, 0.2) is 0 Å². The molecule has 1 aromatic rings. The van der Waals surface area contributed by atoms with Crippen LogP contribution < -0.4 is 5.73 Å². The fourth-order valence-corrected chi connectivity index (χ4v) is 1.97. The van der Waals surface area contributed by atoms with Gasteiger partial charge in [-0.15, -0.1) is 0 Å². The van der Waals surface area contributed by atoms with Gasteiger partial charge in [-0.2, -0.15) is 8.42 Å². The number of rotatable bonds is 3. The zero-order valence-corrected chi connectivity index (χ0v) is 8.04. The quantitative estimate of drug-likeness (QED) is 0.462. The van der Waals surface area contributed by atoms with Crippen LogP contribution in [0.2, 0.25) is 0 Å². The van der Waals surface area contributed by atoms with Gasteiger partial charge in [0.1, 0.15) is 4.90 Å². The second-order valence-electron chi connectivity index (χ2n) is 2.40. The average molecular weight is 226 g/mol. The molecule has 0 bridgehead atoms. The fourth-order valence-electron chi connectivity index (χ4n) is 0.927. The van der Waals surface area contributed by atoms with Gasteiger partial charge >= 0.3 is 31.0 Å². The maximum atomic E-state index is 11.4. The first-order chi connectivity index (χ1) is 6.08. The number of nitrogen functional groups attached to an aromatic ring is 1. The number of para-hydroxylation sites is 1. The zero-order valence-electron chi connectivity index (χ0n) is 8.23. The molecular weight excluding hydrogens is 213 g/mol.